The van der Waals surface area contributed by atoms with Crippen LogP contribution in [0, 0.1) is 17.8 Å². The van der Waals surface area contributed by atoms with Crippen LogP contribution in [0.5, 0.6) is 0 Å². The molecule has 6 rings (SSSR count). The van der Waals surface area contributed by atoms with Crippen LogP contribution < -0.4 is 10.2 Å². The summed E-state index contributed by atoms with van der Waals surface area (Å²) >= 11 is 0. The molecule has 1 aromatic rings. The van der Waals surface area contributed by atoms with E-state index in [-0.39, 0.29) is 5.91 Å². The Kier molecular flexibility index (Phi) is 4.76. The Morgan fingerprint density at radius 1 is 1.00 bits per heavy atom. The van der Waals surface area contributed by atoms with Gasteiger partial charge in [-0.3, -0.25) is 4.79 Å². The number of benzene rings is 1. The van der Waals surface area contributed by atoms with Gasteiger partial charge in [0.1, 0.15) is 0 Å². The molecular formula is C22H32N3O3S+. The summed E-state index contributed by atoms with van der Waals surface area (Å²) in [7, 11) is -3.48. The fourth-order valence-electron chi connectivity index (χ4n) is 7.13. The van der Waals surface area contributed by atoms with Gasteiger partial charge in [-0.1, -0.05) is 0 Å². The summed E-state index contributed by atoms with van der Waals surface area (Å²) in [6, 6.07) is 6.51. The number of carbonyl (C=O) groups excluding carboxylic acids is 1. The number of carbonyl (C=O) groups is 1. The number of hydrogen-bond donors (Lipinski definition) is 2. The topological polar surface area (TPSA) is 70.9 Å². The summed E-state index contributed by atoms with van der Waals surface area (Å²) in [5, 5.41) is 2.68. The van der Waals surface area contributed by atoms with Crippen LogP contribution in [0.25, 0.3) is 0 Å². The van der Waals surface area contributed by atoms with Gasteiger partial charge < -0.3 is 10.2 Å². The number of rotatable bonds is 4. The van der Waals surface area contributed by atoms with Gasteiger partial charge in [0.25, 0.3) is 0 Å². The van der Waals surface area contributed by atoms with E-state index in [4.69, 9.17) is 0 Å². The smallest absolute Gasteiger partial charge is 0.243 e. The lowest BCUT2D eigenvalue weighted by molar-refractivity contribution is -0.962. The predicted octanol–water partition coefficient (Wildman–Crippen LogP) is 1.50. The van der Waals surface area contributed by atoms with E-state index in [1.54, 1.807) is 33.5 Å². The van der Waals surface area contributed by atoms with Crippen LogP contribution in [0.2, 0.25) is 0 Å². The number of hydrogen-bond acceptors (Lipinski definition) is 3. The number of sulfonamides is 1. The van der Waals surface area contributed by atoms with Crippen molar-refractivity contribution in [1.82, 2.24) is 4.31 Å². The summed E-state index contributed by atoms with van der Waals surface area (Å²) in [6.07, 6.45) is 8.44. The predicted molar refractivity (Wildman–Crippen MR) is 111 cm³/mol. The SMILES string of the molecule is CC(=O)Nc1ccc(S(=O)(=O)N2CC[NH+](C34CC5CC(CC(C5)C3)C4)CC2)cc1. The first-order valence-electron chi connectivity index (χ1n) is 11.1. The molecule has 1 amide bonds. The summed E-state index contributed by atoms with van der Waals surface area (Å²) in [5.74, 6) is 2.62. The van der Waals surface area contributed by atoms with Crippen molar-refractivity contribution in [2.45, 2.75) is 55.9 Å². The minimum absolute atomic E-state index is 0.163. The molecule has 29 heavy (non-hydrogen) atoms. The number of nitrogens with one attached hydrogen (secondary N) is 2. The molecule has 5 fully saturated rings. The summed E-state index contributed by atoms with van der Waals surface area (Å²) < 4.78 is 27.9. The van der Waals surface area contributed by atoms with Gasteiger partial charge in [0.2, 0.25) is 15.9 Å². The minimum Gasteiger partial charge on any atom is -0.328 e. The first-order valence-corrected chi connectivity index (χ1v) is 12.5. The maximum atomic E-state index is 13.1. The van der Waals surface area contributed by atoms with E-state index in [1.807, 2.05) is 0 Å². The highest BCUT2D eigenvalue weighted by Gasteiger charge is 2.56. The maximum absolute atomic E-state index is 13.1. The molecule has 0 spiro atoms. The van der Waals surface area contributed by atoms with Crippen LogP contribution in [0.1, 0.15) is 45.4 Å². The zero-order chi connectivity index (χ0) is 20.2. The first kappa shape index (κ1) is 19.5. The summed E-state index contributed by atoms with van der Waals surface area (Å²) in [5.41, 5.74) is 1.05. The van der Waals surface area contributed by atoms with Crippen LogP contribution >= 0.6 is 0 Å². The van der Waals surface area contributed by atoms with Crippen molar-refractivity contribution in [3.8, 4) is 0 Å². The second-order valence-corrected chi connectivity index (χ2v) is 11.8. The van der Waals surface area contributed by atoms with Gasteiger partial charge >= 0.3 is 0 Å². The molecule has 1 heterocycles. The average molecular weight is 419 g/mol. The van der Waals surface area contributed by atoms with E-state index in [9.17, 15) is 13.2 Å². The van der Waals surface area contributed by atoms with Gasteiger partial charge in [0, 0.05) is 31.9 Å². The Morgan fingerprint density at radius 2 is 1.52 bits per heavy atom. The van der Waals surface area contributed by atoms with E-state index in [1.165, 1.54) is 45.4 Å². The lowest BCUT2D eigenvalue weighted by Gasteiger charge is -2.59. The molecule has 0 radical (unpaired) electrons. The van der Waals surface area contributed by atoms with E-state index < -0.39 is 10.0 Å². The van der Waals surface area contributed by atoms with Crippen molar-refractivity contribution in [3.63, 3.8) is 0 Å². The lowest BCUT2D eigenvalue weighted by atomic mass is 9.52. The summed E-state index contributed by atoms with van der Waals surface area (Å²) in [4.78, 5) is 13.1. The van der Waals surface area contributed by atoms with E-state index in [0.29, 0.717) is 29.2 Å². The molecule has 0 aromatic heterocycles. The van der Waals surface area contributed by atoms with Gasteiger partial charge in [0.05, 0.1) is 36.6 Å². The molecule has 2 N–H and O–H groups in total. The monoisotopic (exact) mass is 418 g/mol. The quantitative estimate of drug-likeness (QED) is 0.779. The molecule has 1 saturated heterocycles. The standard InChI is InChI=1S/C22H31N3O3S/c1-16(26)23-20-2-4-21(5-3-20)29(27,28)25-8-6-24(7-9-25)22-13-17-10-18(14-22)12-19(11-17)15-22/h2-5,17-19H,6-15H2,1H3,(H,23,26)/p+1. The number of quaternary nitrogens is 1. The third kappa shape index (κ3) is 3.51. The number of amides is 1. The molecule has 6 nitrogen and oxygen atoms in total. The van der Waals surface area contributed by atoms with Crippen molar-refractivity contribution in [1.29, 1.82) is 0 Å². The lowest BCUT2D eigenvalue weighted by Crippen LogP contribution is -3.23. The highest BCUT2D eigenvalue weighted by molar-refractivity contribution is 7.89. The van der Waals surface area contributed by atoms with Crippen molar-refractivity contribution >= 4 is 21.6 Å². The number of nitrogens with zero attached hydrogens (tertiary/aromatic N) is 1. The highest BCUT2D eigenvalue weighted by Crippen LogP contribution is 2.54. The highest BCUT2D eigenvalue weighted by atomic mass is 32.2. The molecular weight excluding hydrogens is 386 g/mol. The van der Waals surface area contributed by atoms with Gasteiger partial charge in [-0.15, -0.1) is 0 Å². The minimum atomic E-state index is -3.48. The molecule has 1 aromatic carbocycles. The Bertz CT molecular complexity index is 853. The molecule has 5 aliphatic rings. The molecule has 158 valence electrons. The average Bonchev–Trinajstić information content (AvgIpc) is 2.67. The second-order valence-electron chi connectivity index (χ2n) is 9.91. The number of piperazine rings is 1. The molecule has 0 unspecified atom stereocenters. The van der Waals surface area contributed by atoms with Crippen LogP contribution in [-0.2, 0) is 14.8 Å². The van der Waals surface area contributed by atoms with Gasteiger partial charge in [-0.2, -0.15) is 4.31 Å². The molecule has 4 aliphatic carbocycles. The Hall–Kier alpha value is -1.44. The van der Waals surface area contributed by atoms with Crippen LogP contribution in [0.4, 0.5) is 5.69 Å². The zero-order valence-corrected chi connectivity index (χ0v) is 18.0. The van der Waals surface area contributed by atoms with Crippen LogP contribution in [0.3, 0.4) is 0 Å². The van der Waals surface area contributed by atoms with Crippen LogP contribution in [-0.4, -0.2) is 50.3 Å². The Balaban J connectivity index is 1.26. The van der Waals surface area contributed by atoms with Crippen molar-refractivity contribution < 1.29 is 18.1 Å². The second kappa shape index (κ2) is 7.06. The van der Waals surface area contributed by atoms with E-state index >= 15 is 0 Å². The van der Waals surface area contributed by atoms with Crippen molar-refractivity contribution in [3.05, 3.63) is 24.3 Å². The van der Waals surface area contributed by atoms with Gasteiger partial charge in [-0.25, -0.2) is 8.42 Å². The molecule has 7 heteroatoms. The van der Waals surface area contributed by atoms with Crippen LogP contribution in [0.15, 0.2) is 29.2 Å². The van der Waals surface area contributed by atoms with E-state index in [2.05, 4.69) is 5.32 Å². The van der Waals surface area contributed by atoms with Gasteiger partial charge in [-0.05, 0) is 61.3 Å². The molecule has 1 aliphatic heterocycles. The third-order valence-electron chi connectivity index (χ3n) is 7.93. The largest absolute Gasteiger partial charge is 0.328 e. The fraction of sp³-hybridized carbons (Fsp3) is 0.682. The van der Waals surface area contributed by atoms with Crippen molar-refractivity contribution in [2.24, 2.45) is 17.8 Å². The molecule has 4 saturated carbocycles. The zero-order valence-electron chi connectivity index (χ0n) is 17.2. The normalized spacial score (nSPS) is 35.0. The number of anilines is 1. The van der Waals surface area contributed by atoms with E-state index in [0.717, 1.165) is 30.8 Å². The van der Waals surface area contributed by atoms with Crippen molar-refractivity contribution in [2.75, 3.05) is 31.5 Å². The fourth-order valence-corrected chi connectivity index (χ4v) is 8.57. The Morgan fingerprint density at radius 3 is 2.00 bits per heavy atom. The Labute approximate surface area is 173 Å². The summed E-state index contributed by atoms with van der Waals surface area (Å²) in [6.45, 7) is 4.50. The van der Waals surface area contributed by atoms with Gasteiger partial charge in [0.15, 0.2) is 0 Å². The third-order valence-corrected chi connectivity index (χ3v) is 9.84. The molecule has 4 bridgehead atoms. The maximum Gasteiger partial charge on any atom is 0.243 e. The molecule has 0 atom stereocenters. The first-order chi connectivity index (χ1) is 13.8.